The van der Waals surface area contributed by atoms with Gasteiger partial charge in [-0.15, -0.1) is 0 Å². The molecule has 0 aliphatic carbocycles. The van der Waals surface area contributed by atoms with Crippen LogP contribution in [0, 0.1) is 11.3 Å². The fourth-order valence-electron chi connectivity index (χ4n) is 2.00. The molecule has 0 atom stereocenters. The molecule has 0 radical (unpaired) electrons. The van der Waals surface area contributed by atoms with Crippen LogP contribution in [0.4, 0.5) is 0 Å². The van der Waals surface area contributed by atoms with Gasteiger partial charge in [-0.25, -0.2) is 8.42 Å². The average Bonchev–Trinajstić information content (AvgIpc) is 2.57. The molecule has 1 N–H and O–H groups in total. The van der Waals surface area contributed by atoms with Gasteiger partial charge in [-0.3, -0.25) is 0 Å². The predicted octanol–water partition coefficient (Wildman–Crippen LogP) is 4.55. The van der Waals surface area contributed by atoms with Crippen LogP contribution in [-0.2, 0) is 9.84 Å². The topological polar surface area (TPSA) is 87.4 Å². The van der Waals surface area contributed by atoms with Crippen LogP contribution < -0.4 is 4.74 Å². The third-order valence-electron chi connectivity index (χ3n) is 3.17. The fraction of sp³-hybridized carbons (Fsp3) is 0.118. The van der Waals surface area contributed by atoms with Crippen molar-refractivity contribution in [2.24, 2.45) is 0 Å². The number of sulfone groups is 1. The summed E-state index contributed by atoms with van der Waals surface area (Å²) in [6, 6.07) is 10.2. The molecule has 25 heavy (non-hydrogen) atoms. The maximum Gasteiger partial charge on any atom is 0.216 e. The number of nitriles is 1. The summed E-state index contributed by atoms with van der Waals surface area (Å²) >= 11 is 8.94. The van der Waals surface area contributed by atoms with Gasteiger partial charge in [0.1, 0.15) is 11.0 Å². The Hall–Kier alpha value is -2.01. The molecule has 2 aromatic carbocycles. The van der Waals surface area contributed by atoms with Crippen molar-refractivity contribution in [2.45, 2.75) is 11.8 Å². The molecule has 5 nitrogen and oxygen atoms in total. The van der Waals surface area contributed by atoms with Crippen LogP contribution in [0.1, 0.15) is 12.5 Å². The molecule has 2 rings (SSSR count). The number of aromatic hydroxyl groups is 1. The van der Waals surface area contributed by atoms with Gasteiger partial charge >= 0.3 is 0 Å². The van der Waals surface area contributed by atoms with Crippen molar-refractivity contribution < 1.29 is 18.3 Å². The Bertz CT molecular complexity index is 963. The molecule has 0 heterocycles. The molecule has 0 spiro atoms. The van der Waals surface area contributed by atoms with Crippen LogP contribution in [0.5, 0.6) is 11.5 Å². The quantitative estimate of drug-likeness (QED) is 0.687. The van der Waals surface area contributed by atoms with Gasteiger partial charge in [-0.1, -0.05) is 11.6 Å². The monoisotopic (exact) mass is 441 g/mol. The van der Waals surface area contributed by atoms with Gasteiger partial charge in [0, 0.05) is 5.02 Å². The van der Waals surface area contributed by atoms with E-state index in [1.807, 2.05) is 0 Å². The first-order valence-electron chi connectivity index (χ1n) is 7.07. The van der Waals surface area contributed by atoms with Crippen molar-refractivity contribution in [1.29, 1.82) is 5.26 Å². The first-order valence-corrected chi connectivity index (χ1v) is 9.72. The van der Waals surface area contributed by atoms with Crippen molar-refractivity contribution in [3.8, 4) is 17.6 Å². The largest absolute Gasteiger partial charge is 0.503 e. The summed E-state index contributed by atoms with van der Waals surface area (Å²) in [6.07, 6.45) is 1.22. The van der Waals surface area contributed by atoms with E-state index in [4.69, 9.17) is 16.3 Å². The zero-order chi connectivity index (χ0) is 18.6. The van der Waals surface area contributed by atoms with Crippen molar-refractivity contribution in [3.63, 3.8) is 0 Å². The number of hydrogen-bond acceptors (Lipinski definition) is 5. The molecule has 0 amide bonds. The van der Waals surface area contributed by atoms with Gasteiger partial charge in [-0.05, 0) is 70.9 Å². The molecular formula is C17H13BrClNO4S. The fourth-order valence-corrected chi connectivity index (χ4v) is 3.75. The number of benzene rings is 2. The molecule has 0 fully saturated rings. The van der Waals surface area contributed by atoms with E-state index in [9.17, 15) is 18.8 Å². The van der Waals surface area contributed by atoms with Crippen molar-refractivity contribution in [2.75, 3.05) is 6.61 Å². The third-order valence-corrected chi connectivity index (χ3v) is 5.71. The molecule has 8 heteroatoms. The molecule has 0 aromatic heterocycles. The van der Waals surface area contributed by atoms with E-state index in [0.29, 0.717) is 21.7 Å². The van der Waals surface area contributed by atoms with Gasteiger partial charge < -0.3 is 9.84 Å². The molecule has 130 valence electrons. The maximum atomic E-state index is 12.6. The Labute approximate surface area is 159 Å². The minimum atomic E-state index is -3.99. The van der Waals surface area contributed by atoms with Crippen LogP contribution in [0.3, 0.4) is 0 Å². The van der Waals surface area contributed by atoms with E-state index < -0.39 is 14.7 Å². The van der Waals surface area contributed by atoms with Gasteiger partial charge in [0.2, 0.25) is 9.84 Å². The predicted molar refractivity (Wildman–Crippen MR) is 99.2 cm³/mol. The summed E-state index contributed by atoms with van der Waals surface area (Å²) in [5, 5.41) is 19.6. The van der Waals surface area contributed by atoms with Crippen LogP contribution in [0.15, 0.2) is 50.7 Å². The highest BCUT2D eigenvalue weighted by Gasteiger charge is 2.21. The zero-order valence-electron chi connectivity index (χ0n) is 13.0. The summed E-state index contributed by atoms with van der Waals surface area (Å²) in [5.74, 6) is 0.0855. The van der Waals surface area contributed by atoms with E-state index in [1.165, 1.54) is 42.5 Å². The van der Waals surface area contributed by atoms with Gasteiger partial charge in [-0.2, -0.15) is 5.26 Å². The Morgan fingerprint density at radius 2 is 2.00 bits per heavy atom. The number of allylic oxidation sites excluding steroid dienone is 1. The first kappa shape index (κ1) is 19.3. The molecule has 0 saturated carbocycles. The lowest BCUT2D eigenvalue weighted by molar-refractivity contribution is 0.317. The second-order valence-electron chi connectivity index (χ2n) is 4.86. The molecule has 0 unspecified atom stereocenters. The van der Waals surface area contributed by atoms with E-state index in [2.05, 4.69) is 15.9 Å². The normalized spacial score (nSPS) is 11.8. The van der Waals surface area contributed by atoms with Crippen molar-refractivity contribution >= 4 is 43.4 Å². The molecule has 2 aromatic rings. The van der Waals surface area contributed by atoms with Gasteiger partial charge in [0.05, 0.1) is 16.0 Å². The third kappa shape index (κ3) is 4.34. The van der Waals surface area contributed by atoms with Crippen LogP contribution in [-0.4, -0.2) is 20.1 Å². The first-order chi connectivity index (χ1) is 11.8. The number of nitrogens with zero attached hydrogens (tertiary/aromatic N) is 1. The van der Waals surface area contributed by atoms with E-state index in [0.717, 1.165) is 0 Å². The summed E-state index contributed by atoms with van der Waals surface area (Å²) in [5.41, 5.74) is 0.391. The Kier molecular flexibility index (Phi) is 6.11. The summed E-state index contributed by atoms with van der Waals surface area (Å²) in [4.78, 5) is -0.470. The second-order valence-corrected chi connectivity index (χ2v) is 8.07. The highest BCUT2D eigenvalue weighted by molar-refractivity contribution is 9.10. The van der Waals surface area contributed by atoms with Crippen molar-refractivity contribution in [1.82, 2.24) is 0 Å². The maximum absolute atomic E-state index is 12.6. The molecule has 0 bridgehead atoms. The minimum Gasteiger partial charge on any atom is -0.503 e. The smallest absolute Gasteiger partial charge is 0.216 e. The van der Waals surface area contributed by atoms with Crippen molar-refractivity contribution in [3.05, 3.63) is 56.4 Å². The lowest BCUT2D eigenvalue weighted by Gasteiger charge is -2.09. The highest BCUT2D eigenvalue weighted by Crippen LogP contribution is 2.36. The Morgan fingerprint density at radius 3 is 2.56 bits per heavy atom. The highest BCUT2D eigenvalue weighted by atomic mass is 79.9. The molecular weight excluding hydrogens is 430 g/mol. The molecule has 0 aliphatic heterocycles. The SMILES string of the molecule is CCOc1cc(C=C(C#N)S(=O)(=O)c2ccc(Cl)cc2)cc(Br)c1O. The molecule has 0 aliphatic rings. The van der Waals surface area contributed by atoms with E-state index >= 15 is 0 Å². The van der Waals surface area contributed by atoms with Gasteiger partial charge in [0.15, 0.2) is 11.5 Å². The summed E-state index contributed by atoms with van der Waals surface area (Å²) in [7, 11) is -3.99. The number of halogens is 2. The number of rotatable bonds is 5. The average molecular weight is 443 g/mol. The second kappa shape index (κ2) is 7.91. The van der Waals surface area contributed by atoms with Gasteiger partial charge in [0.25, 0.3) is 0 Å². The number of phenols is 1. The van der Waals surface area contributed by atoms with Crippen LogP contribution in [0.2, 0.25) is 5.02 Å². The number of ether oxygens (including phenoxy) is 1. The lowest BCUT2D eigenvalue weighted by atomic mass is 10.2. The van der Waals surface area contributed by atoms with E-state index in [-0.39, 0.29) is 16.4 Å². The lowest BCUT2D eigenvalue weighted by Crippen LogP contribution is -2.03. The standard InChI is InChI=1S/C17H13BrClNO4S/c1-2-24-16-9-11(8-15(18)17(16)21)7-14(10-20)25(22,23)13-5-3-12(19)4-6-13/h3-9,21H,2H2,1H3. The number of hydrogen-bond donors (Lipinski definition) is 1. The van der Waals surface area contributed by atoms with E-state index in [1.54, 1.807) is 13.0 Å². The van der Waals surface area contributed by atoms with Crippen LogP contribution >= 0.6 is 27.5 Å². The summed E-state index contributed by atoms with van der Waals surface area (Å²) in [6.45, 7) is 2.07. The molecule has 0 saturated heterocycles. The Morgan fingerprint density at radius 1 is 1.36 bits per heavy atom. The number of phenolic OH excluding ortho intramolecular Hbond substituents is 1. The minimum absolute atomic E-state index is 0.0347. The zero-order valence-corrected chi connectivity index (χ0v) is 16.2. The van der Waals surface area contributed by atoms with Crippen LogP contribution in [0.25, 0.3) is 6.08 Å². The Balaban J connectivity index is 2.54. The summed E-state index contributed by atoms with van der Waals surface area (Å²) < 4.78 is 30.9.